The Morgan fingerprint density at radius 1 is 1.33 bits per heavy atom. The van der Waals surface area contributed by atoms with Crippen molar-refractivity contribution in [3.63, 3.8) is 0 Å². The van der Waals surface area contributed by atoms with Crippen LogP contribution in [0, 0.1) is 6.92 Å². The number of amides is 1. The molecule has 1 amide bonds. The molecule has 0 bridgehead atoms. The molecule has 1 aliphatic heterocycles. The number of aromatic nitrogens is 1. The van der Waals surface area contributed by atoms with Crippen molar-refractivity contribution < 1.29 is 9.53 Å². The number of nitrogens with one attached hydrogen (secondary N) is 1. The molecule has 1 aromatic carbocycles. The number of pyridine rings is 1. The first-order chi connectivity index (χ1) is 13.0. The number of aryl methyl sites for hydroxylation is 1. The fourth-order valence-electron chi connectivity index (χ4n) is 3.22. The van der Waals surface area contributed by atoms with Crippen molar-refractivity contribution in [1.82, 2.24) is 15.2 Å². The number of rotatable bonds is 6. The lowest BCUT2D eigenvalue weighted by Crippen LogP contribution is -2.47. The van der Waals surface area contributed by atoms with E-state index in [2.05, 4.69) is 15.2 Å². The first-order valence-electron chi connectivity index (χ1n) is 9.36. The highest BCUT2D eigenvalue weighted by molar-refractivity contribution is 6.32. The van der Waals surface area contributed by atoms with Gasteiger partial charge in [0.05, 0.1) is 10.7 Å². The highest BCUT2D eigenvalue weighted by Crippen LogP contribution is 2.26. The van der Waals surface area contributed by atoms with Gasteiger partial charge < -0.3 is 10.1 Å². The molecule has 0 spiro atoms. The normalized spacial score (nSPS) is 16.7. The van der Waals surface area contributed by atoms with Gasteiger partial charge in [0, 0.05) is 31.9 Å². The first-order valence-corrected chi connectivity index (χ1v) is 9.74. The van der Waals surface area contributed by atoms with Crippen molar-refractivity contribution in [2.45, 2.75) is 45.4 Å². The van der Waals surface area contributed by atoms with Crippen LogP contribution in [-0.2, 0) is 11.3 Å². The summed E-state index contributed by atoms with van der Waals surface area (Å²) in [7, 11) is 0. The van der Waals surface area contributed by atoms with E-state index in [0.29, 0.717) is 10.8 Å². The quantitative estimate of drug-likeness (QED) is 0.822. The maximum atomic E-state index is 12.5. The molecule has 5 nitrogen and oxygen atoms in total. The molecule has 27 heavy (non-hydrogen) atoms. The number of carbonyl (C=O) groups excluding carboxylic acids is 1. The number of hydrogen-bond donors (Lipinski definition) is 1. The van der Waals surface area contributed by atoms with Gasteiger partial charge in [-0.3, -0.25) is 14.7 Å². The second kappa shape index (κ2) is 9.20. The number of ether oxygens (including phenoxy) is 1. The number of halogens is 1. The Morgan fingerprint density at radius 2 is 2.11 bits per heavy atom. The van der Waals surface area contributed by atoms with E-state index in [9.17, 15) is 4.79 Å². The second-order valence-electron chi connectivity index (χ2n) is 7.07. The van der Waals surface area contributed by atoms with Crippen LogP contribution in [0.1, 0.15) is 31.0 Å². The summed E-state index contributed by atoms with van der Waals surface area (Å²) in [5, 5.41) is 3.62. The Morgan fingerprint density at radius 3 is 2.81 bits per heavy atom. The molecular weight excluding hydrogens is 362 g/mol. The average Bonchev–Trinajstić information content (AvgIpc) is 2.67. The maximum Gasteiger partial charge on any atom is 0.260 e. The van der Waals surface area contributed by atoms with E-state index in [-0.39, 0.29) is 11.9 Å². The van der Waals surface area contributed by atoms with Crippen molar-refractivity contribution in [3.8, 4) is 5.75 Å². The molecule has 3 rings (SSSR count). The zero-order valence-corrected chi connectivity index (χ0v) is 16.6. The van der Waals surface area contributed by atoms with E-state index in [4.69, 9.17) is 16.3 Å². The lowest BCUT2D eigenvalue weighted by molar-refractivity contribution is -0.128. The van der Waals surface area contributed by atoms with Crippen LogP contribution < -0.4 is 10.1 Å². The topological polar surface area (TPSA) is 54.5 Å². The predicted octanol–water partition coefficient (Wildman–Crippen LogP) is 3.59. The van der Waals surface area contributed by atoms with Gasteiger partial charge >= 0.3 is 0 Å². The SMILES string of the molecule is Cc1ccc(Cl)c(OC(C)C(=O)NC2CCN(Cc3ccccn3)CC2)c1. The molecule has 1 unspecified atom stereocenters. The molecule has 2 aromatic rings. The summed E-state index contributed by atoms with van der Waals surface area (Å²) in [5.41, 5.74) is 2.12. The van der Waals surface area contributed by atoms with Crippen LogP contribution in [0.2, 0.25) is 5.02 Å². The summed E-state index contributed by atoms with van der Waals surface area (Å²) in [4.78, 5) is 19.2. The van der Waals surface area contributed by atoms with Crippen LogP contribution in [0.3, 0.4) is 0 Å². The first kappa shape index (κ1) is 19.6. The molecule has 1 aliphatic rings. The van der Waals surface area contributed by atoms with Crippen LogP contribution in [-0.4, -0.2) is 41.0 Å². The minimum absolute atomic E-state index is 0.101. The van der Waals surface area contributed by atoms with Crippen molar-refractivity contribution in [3.05, 3.63) is 58.9 Å². The van der Waals surface area contributed by atoms with Crippen LogP contribution in [0.4, 0.5) is 0 Å². The third-order valence-electron chi connectivity index (χ3n) is 4.81. The number of benzene rings is 1. The van der Waals surface area contributed by atoms with Gasteiger partial charge in [0.2, 0.25) is 0 Å². The molecule has 0 radical (unpaired) electrons. The molecule has 1 fully saturated rings. The minimum Gasteiger partial charge on any atom is -0.479 e. The number of nitrogens with zero attached hydrogens (tertiary/aromatic N) is 2. The summed E-state index contributed by atoms with van der Waals surface area (Å²) in [6, 6.07) is 11.7. The third kappa shape index (κ3) is 5.68. The van der Waals surface area contributed by atoms with Gasteiger partial charge in [0.25, 0.3) is 5.91 Å². The Labute approximate surface area is 165 Å². The molecule has 2 heterocycles. The van der Waals surface area contributed by atoms with E-state index in [1.54, 1.807) is 13.0 Å². The lowest BCUT2D eigenvalue weighted by atomic mass is 10.0. The van der Waals surface area contributed by atoms with Crippen molar-refractivity contribution in [2.75, 3.05) is 13.1 Å². The van der Waals surface area contributed by atoms with Crippen molar-refractivity contribution in [1.29, 1.82) is 0 Å². The highest BCUT2D eigenvalue weighted by atomic mass is 35.5. The molecule has 1 aromatic heterocycles. The average molecular weight is 388 g/mol. The molecule has 144 valence electrons. The number of likely N-dealkylation sites (tertiary alicyclic amines) is 1. The van der Waals surface area contributed by atoms with E-state index in [0.717, 1.165) is 43.7 Å². The Hall–Kier alpha value is -2.11. The third-order valence-corrected chi connectivity index (χ3v) is 5.12. The van der Waals surface area contributed by atoms with Crippen molar-refractivity contribution >= 4 is 17.5 Å². The van der Waals surface area contributed by atoms with Crippen LogP contribution in [0.25, 0.3) is 0 Å². The second-order valence-corrected chi connectivity index (χ2v) is 7.48. The van der Waals surface area contributed by atoms with Gasteiger partial charge in [-0.15, -0.1) is 0 Å². The van der Waals surface area contributed by atoms with Gasteiger partial charge in [0.15, 0.2) is 6.10 Å². The molecule has 0 saturated carbocycles. The number of piperidine rings is 1. The summed E-state index contributed by atoms with van der Waals surface area (Å²) in [5.74, 6) is 0.445. The highest BCUT2D eigenvalue weighted by Gasteiger charge is 2.24. The van der Waals surface area contributed by atoms with Crippen LogP contribution in [0.15, 0.2) is 42.6 Å². The Bertz CT molecular complexity index is 761. The van der Waals surface area contributed by atoms with Crippen LogP contribution in [0.5, 0.6) is 5.75 Å². The van der Waals surface area contributed by atoms with E-state index < -0.39 is 6.10 Å². The maximum absolute atomic E-state index is 12.5. The fourth-order valence-corrected chi connectivity index (χ4v) is 3.38. The van der Waals surface area contributed by atoms with Gasteiger partial charge in [-0.25, -0.2) is 0 Å². The monoisotopic (exact) mass is 387 g/mol. The minimum atomic E-state index is -0.587. The van der Waals surface area contributed by atoms with Gasteiger partial charge in [-0.1, -0.05) is 23.7 Å². The standard InChI is InChI=1S/C21H26ClN3O2/c1-15-6-7-19(22)20(13-15)27-16(2)21(26)24-17-8-11-25(12-9-17)14-18-5-3-4-10-23-18/h3-7,10,13,16-17H,8-9,11-12,14H2,1-2H3,(H,24,26). The Balaban J connectivity index is 1.45. The molecule has 1 N–H and O–H groups in total. The van der Waals surface area contributed by atoms with Gasteiger partial charge in [-0.05, 0) is 56.5 Å². The number of hydrogen-bond acceptors (Lipinski definition) is 4. The van der Waals surface area contributed by atoms with Crippen LogP contribution >= 0.6 is 11.6 Å². The molecule has 6 heteroatoms. The molecule has 0 aliphatic carbocycles. The fraction of sp³-hybridized carbons (Fsp3) is 0.429. The number of carbonyl (C=O) groups is 1. The zero-order chi connectivity index (χ0) is 19.2. The lowest BCUT2D eigenvalue weighted by Gasteiger charge is -2.32. The summed E-state index contributed by atoms with van der Waals surface area (Å²) in [6.07, 6.45) is 3.09. The zero-order valence-electron chi connectivity index (χ0n) is 15.8. The largest absolute Gasteiger partial charge is 0.479 e. The van der Waals surface area contributed by atoms with E-state index in [1.807, 2.05) is 43.5 Å². The summed E-state index contributed by atoms with van der Waals surface area (Å²) >= 11 is 6.15. The predicted molar refractivity (Wildman–Crippen MR) is 107 cm³/mol. The molecular formula is C21H26ClN3O2. The smallest absolute Gasteiger partial charge is 0.260 e. The molecule has 1 saturated heterocycles. The van der Waals surface area contributed by atoms with Gasteiger partial charge in [0.1, 0.15) is 5.75 Å². The van der Waals surface area contributed by atoms with E-state index in [1.165, 1.54) is 0 Å². The Kier molecular flexibility index (Phi) is 6.69. The molecule has 1 atom stereocenters. The van der Waals surface area contributed by atoms with Gasteiger partial charge in [-0.2, -0.15) is 0 Å². The van der Waals surface area contributed by atoms with E-state index >= 15 is 0 Å². The van der Waals surface area contributed by atoms with Crippen molar-refractivity contribution in [2.24, 2.45) is 0 Å². The summed E-state index contributed by atoms with van der Waals surface area (Å²) in [6.45, 7) is 6.46. The summed E-state index contributed by atoms with van der Waals surface area (Å²) < 4.78 is 5.77.